The largest absolute Gasteiger partial charge is 0.452 e. The maximum absolute atomic E-state index is 12.3. The minimum Gasteiger partial charge on any atom is -0.452 e. The Morgan fingerprint density at radius 3 is 2.68 bits per heavy atom. The van der Waals surface area contributed by atoms with Crippen molar-refractivity contribution >= 4 is 35.2 Å². The fourth-order valence-electron chi connectivity index (χ4n) is 2.74. The van der Waals surface area contributed by atoms with Crippen LogP contribution < -0.4 is 5.32 Å². The highest BCUT2D eigenvalue weighted by Gasteiger charge is 2.35. The molecule has 0 bridgehead atoms. The van der Waals surface area contributed by atoms with E-state index in [9.17, 15) is 14.9 Å². The van der Waals surface area contributed by atoms with E-state index in [4.69, 9.17) is 16.3 Å². The van der Waals surface area contributed by atoms with Crippen molar-refractivity contribution in [2.45, 2.75) is 55.6 Å². The van der Waals surface area contributed by atoms with Crippen LogP contribution in [0, 0.1) is 11.3 Å². The molecule has 0 radical (unpaired) electrons. The van der Waals surface area contributed by atoms with Crippen LogP contribution in [0.25, 0.3) is 0 Å². The van der Waals surface area contributed by atoms with Gasteiger partial charge in [-0.25, -0.2) is 0 Å². The Bertz CT molecular complexity index is 669. The maximum atomic E-state index is 12.3. The second-order valence-electron chi connectivity index (χ2n) is 6.10. The first-order valence-electron chi connectivity index (χ1n) is 8.26. The van der Waals surface area contributed by atoms with Crippen LogP contribution in [0.15, 0.2) is 29.2 Å². The van der Waals surface area contributed by atoms with Crippen molar-refractivity contribution in [2.75, 3.05) is 5.75 Å². The molecule has 1 atom stereocenters. The zero-order chi connectivity index (χ0) is 18.3. The molecule has 1 aromatic rings. The van der Waals surface area contributed by atoms with Crippen molar-refractivity contribution < 1.29 is 14.3 Å². The van der Waals surface area contributed by atoms with Crippen molar-refractivity contribution in [3.8, 4) is 6.07 Å². The molecular formula is C18H21ClN2O3S. The molecule has 1 saturated carbocycles. The lowest BCUT2D eigenvalue weighted by molar-refractivity contribution is -0.152. The van der Waals surface area contributed by atoms with Gasteiger partial charge in [0.1, 0.15) is 5.54 Å². The van der Waals surface area contributed by atoms with Crippen LogP contribution in [0.2, 0.25) is 5.02 Å². The summed E-state index contributed by atoms with van der Waals surface area (Å²) in [6.45, 7) is 1.52. The first-order chi connectivity index (χ1) is 12.0. The number of esters is 1. The Balaban J connectivity index is 1.83. The molecule has 0 spiro atoms. The van der Waals surface area contributed by atoms with Gasteiger partial charge in [0, 0.05) is 4.90 Å². The molecule has 1 unspecified atom stereocenters. The summed E-state index contributed by atoms with van der Waals surface area (Å²) in [6.07, 6.45) is 3.23. The number of carbonyl (C=O) groups is 2. The quantitative estimate of drug-likeness (QED) is 0.601. The van der Waals surface area contributed by atoms with Crippen LogP contribution in [0.3, 0.4) is 0 Å². The van der Waals surface area contributed by atoms with Gasteiger partial charge in [0.2, 0.25) is 0 Å². The van der Waals surface area contributed by atoms with Crippen molar-refractivity contribution in [2.24, 2.45) is 0 Å². The third-order valence-corrected chi connectivity index (χ3v) is 5.63. The molecule has 134 valence electrons. The molecule has 2 rings (SSSR count). The van der Waals surface area contributed by atoms with Gasteiger partial charge in [-0.05, 0) is 31.9 Å². The molecule has 0 heterocycles. The predicted molar refractivity (Wildman–Crippen MR) is 97.3 cm³/mol. The molecule has 0 aliphatic heterocycles. The Labute approximate surface area is 157 Å². The smallest absolute Gasteiger partial charge is 0.317 e. The first-order valence-corrected chi connectivity index (χ1v) is 9.62. The van der Waals surface area contributed by atoms with Gasteiger partial charge < -0.3 is 10.1 Å². The standard InChI is InChI=1S/C18H21ClN2O3S/c1-13(17(23)21-18(12-20)9-5-2-6-10-18)24-16(22)11-25-15-8-4-3-7-14(15)19/h3-4,7-8,13H,2,5-6,9-11H2,1H3,(H,21,23). The first kappa shape index (κ1) is 19.6. The number of halogens is 1. The van der Waals surface area contributed by atoms with E-state index in [0.717, 1.165) is 24.2 Å². The SMILES string of the molecule is CC(OC(=O)CSc1ccccc1Cl)C(=O)NC1(C#N)CCCCC1. The van der Waals surface area contributed by atoms with Crippen LogP contribution in [0.4, 0.5) is 0 Å². The summed E-state index contributed by atoms with van der Waals surface area (Å²) < 4.78 is 5.18. The molecule has 1 aliphatic rings. The van der Waals surface area contributed by atoms with Gasteiger partial charge in [-0.15, -0.1) is 11.8 Å². The molecule has 25 heavy (non-hydrogen) atoms. The van der Waals surface area contributed by atoms with Crippen LogP contribution in [0.5, 0.6) is 0 Å². The molecule has 1 aromatic carbocycles. The second kappa shape index (κ2) is 9.12. The van der Waals surface area contributed by atoms with Crippen LogP contribution in [0.1, 0.15) is 39.0 Å². The van der Waals surface area contributed by atoms with Gasteiger partial charge in [-0.1, -0.05) is 43.0 Å². The van der Waals surface area contributed by atoms with E-state index in [1.165, 1.54) is 18.7 Å². The number of nitrogens with zero attached hydrogens (tertiary/aromatic N) is 1. The van der Waals surface area contributed by atoms with Crippen LogP contribution in [-0.2, 0) is 14.3 Å². The van der Waals surface area contributed by atoms with Crippen molar-refractivity contribution in [3.63, 3.8) is 0 Å². The Morgan fingerprint density at radius 1 is 1.36 bits per heavy atom. The summed E-state index contributed by atoms with van der Waals surface area (Å²) in [5.74, 6) is -0.869. The minimum absolute atomic E-state index is 0.0603. The van der Waals surface area contributed by atoms with E-state index >= 15 is 0 Å². The summed E-state index contributed by atoms with van der Waals surface area (Å²) in [4.78, 5) is 25.0. The molecule has 1 aliphatic carbocycles. The number of rotatable bonds is 6. The number of amides is 1. The fraction of sp³-hybridized carbons (Fsp3) is 0.500. The highest BCUT2D eigenvalue weighted by atomic mass is 35.5. The number of benzene rings is 1. The predicted octanol–water partition coefficient (Wildman–Crippen LogP) is 3.71. The normalized spacial score (nSPS) is 17.2. The van der Waals surface area contributed by atoms with E-state index < -0.39 is 23.5 Å². The van der Waals surface area contributed by atoms with Gasteiger partial charge in [0.25, 0.3) is 5.91 Å². The number of thioether (sulfide) groups is 1. The molecule has 1 N–H and O–H groups in total. The highest BCUT2D eigenvalue weighted by Crippen LogP contribution is 2.28. The molecular weight excluding hydrogens is 360 g/mol. The van der Waals surface area contributed by atoms with E-state index in [-0.39, 0.29) is 5.75 Å². The van der Waals surface area contributed by atoms with Gasteiger partial charge >= 0.3 is 5.97 Å². The second-order valence-corrected chi connectivity index (χ2v) is 7.52. The fourth-order valence-corrected chi connectivity index (χ4v) is 3.76. The van der Waals surface area contributed by atoms with Gasteiger partial charge in [0.15, 0.2) is 6.10 Å². The maximum Gasteiger partial charge on any atom is 0.317 e. The molecule has 0 aromatic heterocycles. The Kier molecular flexibility index (Phi) is 7.15. The molecule has 7 heteroatoms. The topological polar surface area (TPSA) is 79.2 Å². The molecule has 0 saturated heterocycles. The molecule has 1 fully saturated rings. The zero-order valence-corrected chi connectivity index (χ0v) is 15.7. The lowest BCUT2D eigenvalue weighted by Gasteiger charge is -2.32. The van der Waals surface area contributed by atoms with E-state index in [2.05, 4.69) is 11.4 Å². The van der Waals surface area contributed by atoms with Crippen molar-refractivity contribution in [1.29, 1.82) is 5.26 Å². The highest BCUT2D eigenvalue weighted by molar-refractivity contribution is 8.00. The van der Waals surface area contributed by atoms with Gasteiger partial charge in [-0.3, -0.25) is 9.59 Å². The monoisotopic (exact) mass is 380 g/mol. The average molecular weight is 381 g/mol. The average Bonchev–Trinajstić information content (AvgIpc) is 2.61. The van der Waals surface area contributed by atoms with E-state index in [0.29, 0.717) is 17.9 Å². The lowest BCUT2D eigenvalue weighted by atomic mass is 9.83. The van der Waals surface area contributed by atoms with Crippen molar-refractivity contribution in [3.05, 3.63) is 29.3 Å². The van der Waals surface area contributed by atoms with Gasteiger partial charge in [-0.2, -0.15) is 5.26 Å². The summed E-state index contributed by atoms with van der Waals surface area (Å²) in [6, 6.07) is 9.43. The Hall–Kier alpha value is -1.71. The zero-order valence-electron chi connectivity index (χ0n) is 14.1. The summed E-state index contributed by atoms with van der Waals surface area (Å²) in [5, 5.41) is 12.7. The third kappa shape index (κ3) is 5.65. The van der Waals surface area contributed by atoms with Gasteiger partial charge in [0.05, 0.1) is 16.8 Å². The molecule has 1 amide bonds. The summed E-state index contributed by atoms with van der Waals surface area (Å²) in [5.41, 5.74) is -0.831. The van der Waals surface area contributed by atoms with Crippen LogP contribution in [-0.4, -0.2) is 29.3 Å². The number of nitrogens with one attached hydrogen (secondary N) is 1. The number of carbonyl (C=O) groups excluding carboxylic acids is 2. The Morgan fingerprint density at radius 2 is 2.04 bits per heavy atom. The van der Waals surface area contributed by atoms with Crippen molar-refractivity contribution in [1.82, 2.24) is 5.32 Å². The third-order valence-electron chi connectivity index (χ3n) is 4.14. The van der Waals surface area contributed by atoms with E-state index in [1.807, 2.05) is 18.2 Å². The summed E-state index contributed by atoms with van der Waals surface area (Å²) in [7, 11) is 0. The molecule has 5 nitrogen and oxygen atoms in total. The van der Waals surface area contributed by atoms with Crippen LogP contribution >= 0.6 is 23.4 Å². The summed E-state index contributed by atoms with van der Waals surface area (Å²) >= 11 is 7.29. The number of nitriles is 1. The number of hydrogen-bond donors (Lipinski definition) is 1. The number of hydrogen-bond acceptors (Lipinski definition) is 5. The number of ether oxygens (including phenoxy) is 1. The lowest BCUT2D eigenvalue weighted by Crippen LogP contribution is -2.52. The van der Waals surface area contributed by atoms with E-state index in [1.54, 1.807) is 6.07 Å². The minimum atomic E-state index is -0.938.